The molecule has 0 saturated carbocycles. The second-order valence-corrected chi connectivity index (χ2v) is 5.66. The van der Waals surface area contributed by atoms with Crippen molar-refractivity contribution >= 4 is 23.4 Å². The van der Waals surface area contributed by atoms with Crippen LogP contribution in [0.4, 0.5) is 13.2 Å². The number of halogens is 4. The summed E-state index contributed by atoms with van der Waals surface area (Å²) >= 11 is 7.15. The summed E-state index contributed by atoms with van der Waals surface area (Å²) in [6.45, 7) is -0.149. The summed E-state index contributed by atoms with van der Waals surface area (Å²) < 4.78 is 38.3. The van der Waals surface area contributed by atoms with E-state index in [0.717, 1.165) is 11.0 Å². The van der Waals surface area contributed by atoms with Crippen molar-refractivity contribution in [3.8, 4) is 0 Å². The maximum absolute atomic E-state index is 12.8. The molecule has 2 aromatic rings. The van der Waals surface area contributed by atoms with Crippen LogP contribution >= 0.6 is 23.4 Å². The Kier molecular flexibility index (Phi) is 4.62. The Morgan fingerprint density at radius 1 is 1.00 bits per heavy atom. The third kappa shape index (κ3) is 3.69. The second-order valence-electron chi connectivity index (χ2n) is 4.08. The summed E-state index contributed by atoms with van der Waals surface area (Å²) in [5.74, 6) is 0. The van der Waals surface area contributed by atoms with Crippen LogP contribution < -0.4 is 5.73 Å². The lowest BCUT2D eigenvalue weighted by Crippen LogP contribution is -2.11. The first-order valence-electron chi connectivity index (χ1n) is 5.74. The Hall–Kier alpha value is -1.17. The first kappa shape index (κ1) is 15.2. The minimum atomic E-state index is -4.38. The molecule has 0 bridgehead atoms. The fraction of sp³-hybridized carbons (Fsp3) is 0.143. The van der Waals surface area contributed by atoms with E-state index in [-0.39, 0.29) is 12.1 Å². The average Bonchev–Trinajstić information content (AvgIpc) is 2.40. The Labute approximate surface area is 123 Å². The third-order valence-corrected chi connectivity index (χ3v) is 3.90. The zero-order valence-electron chi connectivity index (χ0n) is 10.2. The summed E-state index contributed by atoms with van der Waals surface area (Å²) in [7, 11) is 0. The molecule has 2 rings (SSSR count). The van der Waals surface area contributed by atoms with Crippen molar-refractivity contribution in [3.05, 3.63) is 58.6 Å². The summed E-state index contributed by atoms with van der Waals surface area (Å²) in [5.41, 5.74) is 4.82. The van der Waals surface area contributed by atoms with Gasteiger partial charge in [-0.05, 0) is 48.0 Å². The van der Waals surface area contributed by atoms with Crippen LogP contribution in [0.15, 0.2) is 52.3 Å². The Balaban J connectivity index is 2.28. The van der Waals surface area contributed by atoms with E-state index in [2.05, 4.69) is 0 Å². The highest BCUT2D eigenvalue weighted by Gasteiger charge is 2.32. The van der Waals surface area contributed by atoms with Crippen molar-refractivity contribution in [2.75, 3.05) is 0 Å². The molecule has 0 heterocycles. The maximum Gasteiger partial charge on any atom is 0.416 e. The molecule has 1 nitrogen and oxygen atoms in total. The largest absolute Gasteiger partial charge is 0.416 e. The Morgan fingerprint density at radius 3 is 2.15 bits per heavy atom. The molecule has 20 heavy (non-hydrogen) atoms. The van der Waals surface area contributed by atoms with Crippen molar-refractivity contribution < 1.29 is 13.2 Å². The number of nitrogens with two attached hydrogens (primary N) is 1. The first-order valence-corrected chi connectivity index (χ1v) is 6.93. The smallest absolute Gasteiger partial charge is 0.326 e. The predicted molar refractivity (Wildman–Crippen MR) is 74.9 cm³/mol. The van der Waals surface area contributed by atoms with Gasteiger partial charge in [0.1, 0.15) is 0 Å². The number of rotatable bonds is 3. The van der Waals surface area contributed by atoms with Crippen LogP contribution in [0.3, 0.4) is 0 Å². The minimum absolute atomic E-state index is 0.0939. The molecular weight excluding hydrogens is 307 g/mol. The zero-order chi connectivity index (χ0) is 14.8. The SMILES string of the molecule is NCc1cc(Sc2ccc(Cl)cc2)ccc1C(F)(F)F. The number of hydrogen-bond donors (Lipinski definition) is 1. The molecule has 0 aliphatic rings. The number of alkyl halides is 3. The van der Waals surface area contributed by atoms with Gasteiger partial charge in [-0.2, -0.15) is 13.2 Å². The number of benzene rings is 2. The molecule has 0 atom stereocenters. The van der Waals surface area contributed by atoms with E-state index >= 15 is 0 Å². The molecular formula is C14H11ClF3NS. The van der Waals surface area contributed by atoms with Crippen molar-refractivity contribution in [2.24, 2.45) is 5.73 Å². The van der Waals surface area contributed by atoms with Crippen LogP contribution in [0, 0.1) is 0 Å². The van der Waals surface area contributed by atoms with Crippen molar-refractivity contribution in [1.82, 2.24) is 0 Å². The van der Waals surface area contributed by atoms with E-state index < -0.39 is 11.7 Å². The van der Waals surface area contributed by atoms with Gasteiger partial charge in [0, 0.05) is 21.4 Å². The number of hydrogen-bond acceptors (Lipinski definition) is 2. The lowest BCUT2D eigenvalue weighted by Gasteiger charge is -2.13. The van der Waals surface area contributed by atoms with Gasteiger partial charge in [-0.3, -0.25) is 0 Å². The molecule has 6 heteroatoms. The van der Waals surface area contributed by atoms with Gasteiger partial charge in [0.25, 0.3) is 0 Å². The molecule has 0 aliphatic carbocycles. The molecule has 0 amide bonds. The lowest BCUT2D eigenvalue weighted by atomic mass is 10.1. The van der Waals surface area contributed by atoms with Gasteiger partial charge in [0.15, 0.2) is 0 Å². The molecule has 106 valence electrons. The summed E-state index contributed by atoms with van der Waals surface area (Å²) in [6, 6.07) is 11.1. The lowest BCUT2D eigenvalue weighted by molar-refractivity contribution is -0.138. The molecule has 0 spiro atoms. The van der Waals surface area contributed by atoms with E-state index in [9.17, 15) is 13.2 Å². The molecule has 0 saturated heterocycles. The normalized spacial score (nSPS) is 11.7. The fourth-order valence-corrected chi connectivity index (χ4v) is 2.73. The van der Waals surface area contributed by atoms with Gasteiger partial charge < -0.3 is 5.73 Å². The highest BCUT2D eigenvalue weighted by atomic mass is 35.5. The summed E-state index contributed by atoms with van der Waals surface area (Å²) in [4.78, 5) is 1.61. The van der Waals surface area contributed by atoms with Crippen molar-refractivity contribution in [2.45, 2.75) is 22.5 Å². The molecule has 0 unspecified atom stereocenters. The molecule has 0 fully saturated rings. The topological polar surface area (TPSA) is 26.0 Å². The molecule has 0 aromatic heterocycles. The maximum atomic E-state index is 12.8. The molecule has 0 aliphatic heterocycles. The average molecular weight is 318 g/mol. The fourth-order valence-electron chi connectivity index (χ4n) is 1.72. The van der Waals surface area contributed by atoms with Crippen LogP contribution in [0.2, 0.25) is 5.02 Å². The van der Waals surface area contributed by atoms with E-state index in [1.165, 1.54) is 23.9 Å². The van der Waals surface area contributed by atoms with Crippen LogP contribution in [0.1, 0.15) is 11.1 Å². The van der Waals surface area contributed by atoms with Crippen molar-refractivity contribution in [3.63, 3.8) is 0 Å². The molecule has 2 N–H and O–H groups in total. The van der Waals surface area contributed by atoms with Crippen LogP contribution in [0.5, 0.6) is 0 Å². The van der Waals surface area contributed by atoms with Gasteiger partial charge in [-0.15, -0.1) is 0 Å². The van der Waals surface area contributed by atoms with Crippen molar-refractivity contribution in [1.29, 1.82) is 0 Å². The predicted octanol–water partition coefficient (Wildman–Crippen LogP) is 4.97. The molecule has 2 aromatic carbocycles. The van der Waals surface area contributed by atoms with Gasteiger partial charge in [0.2, 0.25) is 0 Å². The van der Waals surface area contributed by atoms with Crippen LogP contribution in [-0.4, -0.2) is 0 Å². The Bertz CT molecular complexity index is 596. The minimum Gasteiger partial charge on any atom is -0.326 e. The Morgan fingerprint density at radius 2 is 1.60 bits per heavy atom. The van der Waals surface area contributed by atoms with E-state index in [0.29, 0.717) is 9.92 Å². The quantitative estimate of drug-likeness (QED) is 0.865. The molecule has 0 radical (unpaired) electrons. The zero-order valence-corrected chi connectivity index (χ0v) is 11.8. The standard InChI is InChI=1S/C14H11ClF3NS/c15-10-1-3-11(4-2-10)20-12-5-6-13(14(16,17)18)9(7-12)8-19/h1-7H,8,19H2. The summed E-state index contributed by atoms with van der Waals surface area (Å²) in [6.07, 6.45) is -4.38. The third-order valence-electron chi connectivity index (χ3n) is 2.65. The van der Waals surface area contributed by atoms with Crippen LogP contribution in [-0.2, 0) is 12.7 Å². The second kappa shape index (κ2) is 6.08. The van der Waals surface area contributed by atoms with Gasteiger partial charge in [-0.25, -0.2) is 0 Å². The van der Waals surface area contributed by atoms with Gasteiger partial charge >= 0.3 is 6.18 Å². The first-order chi connectivity index (χ1) is 9.40. The highest BCUT2D eigenvalue weighted by Crippen LogP contribution is 2.36. The summed E-state index contributed by atoms with van der Waals surface area (Å²) in [5, 5.41) is 0.615. The van der Waals surface area contributed by atoms with E-state index in [1.807, 2.05) is 12.1 Å². The van der Waals surface area contributed by atoms with Crippen LogP contribution in [0.25, 0.3) is 0 Å². The van der Waals surface area contributed by atoms with Gasteiger partial charge in [-0.1, -0.05) is 23.4 Å². The van der Waals surface area contributed by atoms with E-state index in [4.69, 9.17) is 17.3 Å². The monoisotopic (exact) mass is 317 g/mol. The van der Waals surface area contributed by atoms with Gasteiger partial charge in [0.05, 0.1) is 5.56 Å². The highest BCUT2D eigenvalue weighted by molar-refractivity contribution is 7.99. The van der Waals surface area contributed by atoms with E-state index in [1.54, 1.807) is 12.1 Å².